The Balaban J connectivity index is 3.12. The van der Waals surface area contributed by atoms with Gasteiger partial charge in [0, 0.05) is 6.20 Å². The van der Waals surface area contributed by atoms with Gasteiger partial charge in [-0.2, -0.15) is 0 Å². The third-order valence-electron chi connectivity index (χ3n) is 1.32. The highest BCUT2D eigenvalue weighted by molar-refractivity contribution is 14.1. The van der Waals surface area contributed by atoms with E-state index >= 15 is 0 Å². The number of carbonyl (C=O) groups is 1. The Morgan fingerprint density at radius 2 is 2.13 bits per heavy atom. The van der Waals surface area contributed by atoms with E-state index in [0.717, 1.165) is 6.20 Å². The number of halogens is 4. The van der Waals surface area contributed by atoms with Crippen molar-refractivity contribution in [1.29, 1.82) is 0 Å². The highest BCUT2D eigenvalue weighted by Gasteiger charge is 2.33. The van der Waals surface area contributed by atoms with Crippen LogP contribution in [0.15, 0.2) is 6.20 Å². The highest BCUT2D eigenvalue weighted by atomic mass is 127. The van der Waals surface area contributed by atoms with Crippen LogP contribution in [-0.4, -0.2) is 22.7 Å². The van der Waals surface area contributed by atoms with Crippen LogP contribution in [0.4, 0.5) is 13.2 Å². The summed E-state index contributed by atoms with van der Waals surface area (Å²) in [5.74, 6) is -1.78. The van der Waals surface area contributed by atoms with E-state index in [4.69, 9.17) is 0 Å². The number of carbonyl (C=O) groups excluding carboxylic acids is 1. The Morgan fingerprint density at radius 1 is 1.53 bits per heavy atom. The summed E-state index contributed by atoms with van der Waals surface area (Å²) in [6, 6.07) is 0. The fourth-order valence-electron chi connectivity index (χ4n) is 0.743. The Labute approximate surface area is 95.2 Å². The number of ether oxygens (including phenoxy) is 1. The number of aromatic nitrogens is 1. The van der Waals surface area contributed by atoms with Crippen molar-refractivity contribution in [2.45, 2.75) is 6.36 Å². The van der Waals surface area contributed by atoms with Crippen LogP contribution >= 0.6 is 22.6 Å². The summed E-state index contributed by atoms with van der Waals surface area (Å²) in [4.78, 5) is 13.5. The summed E-state index contributed by atoms with van der Waals surface area (Å²) in [6.45, 7) is 0. The molecule has 0 aliphatic heterocycles. The van der Waals surface area contributed by atoms with E-state index in [0.29, 0.717) is 6.29 Å². The quantitative estimate of drug-likeness (QED) is 0.665. The van der Waals surface area contributed by atoms with Gasteiger partial charge < -0.3 is 9.84 Å². The second-order valence-electron chi connectivity index (χ2n) is 2.35. The van der Waals surface area contributed by atoms with E-state index in [2.05, 4.69) is 9.72 Å². The lowest BCUT2D eigenvalue weighted by Gasteiger charge is -2.10. The van der Waals surface area contributed by atoms with Crippen LogP contribution in [0.25, 0.3) is 0 Å². The van der Waals surface area contributed by atoms with Gasteiger partial charge in [-0.1, -0.05) is 0 Å². The van der Waals surface area contributed by atoms with Crippen LogP contribution in [0.1, 0.15) is 10.4 Å². The van der Waals surface area contributed by atoms with Crippen molar-refractivity contribution < 1.29 is 27.8 Å². The maximum absolute atomic E-state index is 11.8. The predicted octanol–water partition coefficient (Wildman–Crippen LogP) is 2.10. The van der Waals surface area contributed by atoms with E-state index in [1.54, 1.807) is 0 Å². The summed E-state index contributed by atoms with van der Waals surface area (Å²) >= 11 is 1.51. The molecule has 1 aromatic rings. The van der Waals surface area contributed by atoms with Crippen LogP contribution in [0.3, 0.4) is 0 Å². The van der Waals surface area contributed by atoms with Gasteiger partial charge in [-0.3, -0.25) is 4.79 Å². The molecule has 8 heteroatoms. The van der Waals surface area contributed by atoms with Gasteiger partial charge in [0.05, 0.1) is 9.13 Å². The number of pyridine rings is 1. The smallest absolute Gasteiger partial charge is 0.502 e. The van der Waals surface area contributed by atoms with E-state index in [1.807, 2.05) is 0 Å². The second kappa shape index (κ2) is 4.21. The van der Waals surface area contributed by atoms with Crippen LogP contribution in [-0.2, 0) is 0 Å². The van der Waals surface area contributed by atoms with Crippen molar-refractivity contribution in [3.63, 3.8) is 0 Å². The lowest BCUT2D eigenvalue weighted by atomic mass is 10.3. The molecule has 0 aromatic carbocycles. The predicted molar refractivity (Wildman–Crippen MR) is 50.7 cm³/mol. The third kappa shape index (κ3) is 2.94. The Hall–Kier alpha value is -1.06. The average molecular weight is 333 g/mol. The van der Waals surface area contributed by atoms with Gasteiger partial charge in [0.2, 0.25) is 0 Å². The standard InChI is InChI=1S/C7H3F3INO3/c8-7(9,10)15-6-5(14)4(11)3(2-13)1-12-6/h1-2,14H. The van der Waals surface area contributed by atoms with Gasteiger partial charge in [-0.05, 0) is 22.6 Å². The SMILES string of the molecule is O=Cc1cnc(OC(F)(F)F)c(O)c1I. The number of nitrogens with zero attached hydrogens (tertiary/aromatic N) is 1. The van der Waals surface area contributed by atoms with Crippen molar-refractivity contribution in [2.75, 3.05) is 0 Å². The molecule has 0 amide bonds. The van der Waals surface area contributed by atoms with Crippen molar-refractivity contribution in [2.24, 2.45) is 0 Å². The first kappa shape index (κ1) is 12.0. The van der Waals surface area contributed by atoms with E-state index in [9.17, 15) is 23.1 Å². The molecule has 0 spiro atoms. The molecule has 1 aromatic heterocycles. The third-order valence-corrected chi connectivity index (χ3v) is 2.46. The molecule has 1 N–H and O–H groups in total. The molecule has 0 aliphatic carbocycles. The molecule has 0 aliphatic rings. The van der Waals surface area contributed by atoms with Gasteiger partial charge >= 0.3 is 6.36 Å². The monoisotopic (exact) mass is 333 g/mol. The normalized spacial score (nSPS) is 11.2. The Kier molecular flexibility index (Phi) is 3.37. The Bertz CT molecular complexity index is 394. The largest absolute Gasteiger partial charge is 0.574 e. The number of aldehydes is 1. The Morgan fingerprint density at radius 3 is 2.60 bits per heavy atom. The molecule has 0 radical (unpaired) electrons. The maximum atomic E-state index is 11.8. The molecule has 4 nitrogen and oxygen atoms in total. The lowest BCUT2D eigenvalue weighted by molar-refractivity contribution is -0.276. The molecule has 0 atom stereocenters. The van der Waals surface area contributed by atoms with Crippen LogP contribution in [0.2, 0.25) is 0 Å². The number of rotatable bonds is 2. The minimum atomic E-state index is -4.93. The van der Waals surface area contributed by atoms with E-state index in [1.165, 1.54) is 22.6 Å². The summed E-state index contributed by atoms with van der Waals surface area (Å²) in [6.07, 6.45) is -3.68. The average Bonchev–Trinajstić information content (AvgIpc) is 2.11. The zero-order chi connectivity index (χ0) is 11.6. The van der Waals surface area contributed by atoms with Gasteiger partial charge in [0.25, 0.3) is 5.88 Å². The topological polar surface area (TPSA) is 59.4 Å². The molecular formula is C7H3F3INO3. The number of hydrogen-bond donors (Lipinski definition) is 1. The van der Waals surface area contributed by atoms with Crippen LogP contribution in [0, 0.1) is 3.57 Å². The molecule has 0 saturated heterocycles. The summed E-state index contributed by atoms with van der Waals surface area (Å²) in [5.41, 5.74) is -0.0115. The first-order valence-electron chi connectivity index (χ1n) is 3.43. The fourth-order valence-corrected chi connectivity index (χ4v) is 1.24. The maximum Gasteiger partial charge on any atom is 0.574 e. The molecule has 1 heterocycles. The fraction of sp³-hybridized carbons (Fsp3) is 0.143. The number of alkyl halides is 3. The summed E-state index contributed by atoms with van der Waals surface area (Å²) in [5, 5.41) is 9.22. The number of hydrogen-bond acceptors (Lipinski definition) is 4. The minimum absolute atomic E-state index is 0.0115. The summed E-state index contributed by atoms with van der Waals surface area (Å²) in [7, 11) is 0. The van der Waals surface area contributed by atoms with Gasteiger partial charge in [0.15, 0.2) is 12.0 Å². The molecule has 15 heavy (non-hydrogen) atoms. The van der Waals surface area contributed by atoms with Crippen molar-refractivity contribution in [3.05, 3.63) is 15.3 Å². The van der Waals surface area contributed by atoms with Crippen molar-refractivity contribution in [3.8, 4) is 11.6 Å². The first-order chi connectivity index (χ1) is 6.85. The number of aromatic hydroxyl groups is 1. The molecular weight excluding hydrogens is 330 g/mol. The highest BCUT2D eigenvalue weighted by Crippen LogP contribution is 2.33. The zero-order valence-corrected chi connectivity index (χ0v) is 9.03. The molecule has 0 bridgehead atoms. The lowest BCUT2D eigenvalue weighted by Crippen LogP contribution is -2.18. The first-order valence-corrected chi connectivity index (χ1v) is 4.51. The minimum Gasteiger partial charge on any atom is -0.502 e. The van der Waals surface area contributed by atoms with E-state index < -0.39 is 18.0 Å². The molecule has 0 saturated carbocycles. The van der Waals surface area contributed by atoms with Gasteiger partial charge in [0.1, 0.15) is 0 Å². The van der Waals surface area contributed by atoms with E-state index in [-0.39, 0.29) is 9.13 Å². The second-order valence-corrected chi connectivity index (χ2v) is 3.43. The molecule has 0 fully saturated rings. The molecule has 1 rings (SSSR count). The zero-order valence-electron chi connectivity index (χ0n) is 6.88. The molecule has 0 unspecified atom stereocenters. The van der Waals surface area contributed by atoms with Crippen LogP contribution in [0.5, 0.6) is 11.6 Å². The van der Waals surface area contributed by atoms with Crippen molar-refractivity contribution in [1.82, 2.24) is 4.98 Å². The van der Waals surface area contributed by atoms with Crippen molar-refractivity contribution >= 4 is 28.9 Å². The van der Waals surface area contributed by atoms with Gasteiger partial charge in [-0.25, -0.2) is 4.98 Å². The van der Waals surface area contributed by atoms with Gasteiger partial charge in [-0.15, -0.1) is 13.2 Å². The molecule has 82 valence electrons. The summed E-state index contributed by atoms with van der Waals surface area (Å²) < 4.78 is 38.8. The van der Waals surface area contributed by atoms with Crippen LogP contribution < -0.4 is 4.74 Å².